The number of hydrogen-bond acceptors (Lipinski definition) is 3. The fourth-order valence-corrected chi connectivity index (χ4v) is 1.55. The summed E-state index contributed by atoms with van der Waals surface area (Å²) in [4.78, 5) is 11.6. The highest BCUT2D eigenvalue weighted by Crippen LogP contribution is 2.15. The molecular formula is C13H18ClNO3. The number of benzene rings is 1. The molecule has 1 aromatic rings. The summed E-state index contributed by atoms with van der Waals surface area (Å²) in [7, 11) is 1.59. The molecule has 1 amide bonds. The van der Waals surface area contributed by atoms with Crippen molar-refractivity contribution in [1.29, 1.82) is 0 Å². The lowest BCUT2D eigenvalue weighted by Crippen LogP contribution is -2.30. The number of ether oxygens (including phenoxy) is 2. The number of hydrogen-bond donors (Lipinski definition) is 1. The third kappa shape index (κ3) is 5.49. The van der Waals surface area contributed by atoms with E-state index in [1.807, 2.05) is 19.1 Å². The lowest BCUT2D eigenvalue weighted by Gasteiger charge is -2.14. The zero-order valence-electron chi connectivity index (χ0n) is 10.6. The molecule has 0 bridgehead atoms. The zero-order valence-corrected chi connectivity index (χ0v) is 11.4. The van der Waals surface area contributed by atoms with E-state index in [1.165, 1.54) is 0 Å². The number of nitrogens with one attached hydrogen (secondary N) is 1. The second-order valence-electron chi connectivity index (χ2n) is 3.89. The summed E-state index contributed by atoms with van der Waals surface area (Å²) in [5.41, 5.74) is 1.00. The van der Waals surface area contributed by atoms with Crippen LogP contribution in [0.2, 0.25) is 5.02 Å². The van der Waals surface area contributed by atoms with Crippen LogP contribution in [0.15, 0.2) is 24.3 Å². The predicted molar refractivity (Wildman–Crippen MR) is 70.7 cm³/mol. The Labute approximate surface area is 112 Å². The van der Waals surface area contributed by atoms with Crippen molar-refractivity contribution in [2.45, 2.75) is 13.0 Å². The number of amides is 1. The summed E-state index contributed by atoms with van der Waals surface area (Å²) in [5.74, 6) is -0.145. The van der Waals surface area contributed by atoms with Crippen molar-refractivity contribution < 1.29 is 14.3 Å². The van der Waals surface area contributed by atoms with Crippen LogP contribution in [0.4, 0.5) is 0 Å². The highest BCUT2D eigenvalue weighted by molar-refractivity contribution is 6.30. The average molecular weight is 272 g/mol. The molecule has 0 aliphatic rings. The van der Waals surface area contributed by atoms with Crippen LogP contribution < -0.4 is 5.32 Å². The number of rotatable bonds is 7. The minimum Gasteiger partial charge on any atom is -0.382 e. The molecule has 0 heterocycles. The molecule has 5 heteroatoms. The Morgan fingerprint density at radius 3 is 2.61 bits per heavy atom. The summed E-state index contributed by atoms with van der Waals surface area (Å²) in [6, 6.07) is 7.31. The minimum absolute atomic E-state index is 0.0429. The lowest BCUT2D eigenvalue weighted by atomic mass is 10.1. The van der Waals surface area contributed by atoms with Gasteiger partial charge in [0.15, 0.2) is 0 Å². The van der Waals surface area contributed by atoms with Gasteiger partial charge < -0.3 is 14.8 Å². The van der Waals surface area contributed by atoms with Gasteiger partial charge in [-0.15, -0.1) is 0 Å². The van der Waals surface area contributed by atoms with Crippen LogP contribution in [0.5, 0.6) is 0 Å². The number of carbonyl (C=O) groups is 1. The molecule has 0 aromatic heterocycles. The maximum atomic E-state index is 11.6. The van der Waals surface area contributed by atoms with Crippen molar-refractivity contribution in [1.82, 2.24) is 5.32 Å². The molecule has 1 aromatic carbocycles. The fourth-order valence-electron chi connectivity index (χ4n) is 1.43. The molecule has 0 saturated heterocycles. The van der Waals surface area contributed by atoms with E-state index in [2.05, 4.69) is 5.32 Å². The van der Waals surface area contributed by atoms with Crippen LogP contribution in [-0.2, 0) is 14.3 Å². The van der Waals surface area contributed by atoms with Crippen LogP contribution in [0.25, 0.3) is 0 Å². The normalized spacial score (nSPS) is 12.2. The largest absolute Gasteiger partial charge is 0.382 e. The van der Waals surface area contributed by atoms with Gasteiger partial charge in [-0.2, -0.15) is 0 Å². The van der Waals surface area contributed by atoms with E-state index in [-0.39, 0.29) is 18.6 Å². The van der Waals surface area contributed by atoms with Gasteiger partial charge in [0.1, 0.15) is 6.61 Å². The third-order valence-electron chi connectivity index (χ3n) is 2.41. The van der Waals surface area contributed by atoms with Gasteiger partial charge in [-0.25, -0.2) is 0 Å². The van der Waals surface area contributed by atoms with Crippen molar-refractivity contribution in [2.75, 3.05) is 26.9 Å². The topological polar surface area (TPSA) is 47.6 Å². The van der Waals surface area contributed by atoms with Gasteiger partial charge in [-0.05, 0) is 24.6 Å². The van der Waals surface area contributed by atoms with E-state index in [0.717, 1.165) is 5.56 Å². The van der Waals surface area contributed by atoms with E-state index >= 15 is 0 Å². The van der Waals surface area contributed by atoms with Crippen LogP contribution in [0, 0.1) is 0 Å². The Hall–Kier alpha value is -1.10. The Balaban J connectivity index is 2.33. The minimum atomic E-state index is -0.145. The Bertz CT molecular complexity index is 367. The predicted octanol–water partition coefficient (Wildman–Crippen LogP) is 2.18. The maximum absolute atomic E-state index is 11.6. The van der Waals surface area contributed by atoms with E-state index in [9.17, 15) is 4.79 Å². The highest BCUT2D eigenvalue weighted by atomic mass is 35.5. The van der Waals surface area contributed by atoms with E-state index in [1.54, 1.807) is 19.2 Å². The van der Waals surface area contributed by atoms with Crippen LogP contribution >= 0.6 is 11.6 Å². The van der Waals surface area contributed by atoms with Crippen molar-refractivity contribution >= 4 is 17.5 Å². The zero-order chi connectivity index (χ0) is 13.4. The molecule has 0 aliphatic carbocycles. The first-order valence-electron chi connectivity index (χ1n) is 5.75. The summed E-state index contributed by atoms with van der Waals surface area (Å²) in [6.07, 6.45) is 0. The first-order chi connectivity index (χ1) is 8.63. The van der Waals surface area contributed by atoms with E-state index < -0.39 is 0 Å². The summed E-state index contributed by atoms with van der Waals surface area (Å²) >= 11 is 5.80. The van der Waals surface area contributed by atoms with Gasteiger partial charge >= 0.3 is 0 Å². The van der Waals surface area contributed by atoms with Gasteiger partial charge in [-0.3, -0.25) is 4.79 Å². The lowest BCUT2D eigenvalue weighted by molar-refractivity contribution is -0.126. The SMILES string of the molecule is COCCOCC(=O)N[C@@H](C)c1ccc(Cl)cc1. The fraction of sp³-hybridized carbons (Fsp3) is 0.462. The standard InChI is InChI=1S/C13H18ClNO3/c1-10(11-3-5-12(14)6-4-11)15-13(16)9-18-8-7-17-2/h3-6,10H,7-9H2,1-2H3,(H,15,16)/t10-/m0/s1. The second kappa shape index (κ2) is 8.08. The number of carbonyl (C=O) groups excluding carboxylic acids is 1. The summed E-state index contributed by atoms with van der Waals surface area (Å²) in [5, 5.41) is 3.53. The van der Waals surface area contributed by atoms with E-state index in [4.69, 9.17) is 21.1 Å². The Morgan fingerprint density at radius 1 is 1.33 bits per heavy atom. The first kappa shape index (κ1) is 15.0. The smallest absolute Gasteiger partial charge is 0.246 e. The molecule has 0 saturated carbocycles. The van der Waals surface area contributed by atoms with Crippen LogP contribution in [0.1, 0.15) is 18.5 Å². The number of methoxy groups -OCH3 is 1. The molecular weight excluding hydrogens is 254 g/mol. The van der Waals surface area contributed by atoms with Crippen molar-refractivity contribution in [3.63, 3.8) is 0 Å². The monoisotopic (exact) mass is 271 g/mol. The molecule has 0 aliphatic heterocycles. The van der Waals surface area contributed by atoms with Crippen LogP contribution in [-0.4, -0.2) is 32.8 Å². The van der Waals surface area contributed by atoms with Gasteiger partial charge in [0.2, 0.25) is 5.91 Å². The molecule has 4 nitrogen and oxygen atoms in total. The summed E-state index contributed by atoms with van der Waals surface area (Å²) in [6.45, 7) is 2.86. The summed E-state index contributed by atoms with van der Waals surface area (Å²) < 4.78 is 9.95. The third-order valence-corrected chi connectivity index (χ3v) is 2.66. The molecule has 1 N–H and O–H groups in total. The highest BCUT2D eigenvalue weighted by Gasteiger charge is 2.09. The molecule has 0 fully saturated rings. The van der Waals surface area contributed by atoms with Crippen molar-refractivity contribution in [3.05, 3.63) is 34.9 Å². The molecule has 0 spiro atoms. The molecule has 18 heavy (non-hydrogen) atoms. The molecule has 1 rings (SSSR count). The van der Waals surface area contributed by atoms with Crippen molar-refractivity contribution in [3.8, 4) is 0 Å². The van der Waals surface area contributed by atoms with Gasteiger partial charge in [0.05, 0.1) is 19.3 Å². The number of halogens is 1. The molecule has 100 valence electrons. The quantitative estimate of drug-likeness (QED) is 0.774. The van der Waals surface area contributed by atoms with Crippen LogP contribution in [0.3, 0.4) is 0 Å². The van der Waals surface area contributed by atoms with E-state index in [0.29, 0.717) is 18.2 Å². The first-order valence-corrected chi connectivity index (χ1v) is 6.12. The van der Waals surface area contributed by atoms with Gasteiger partial charge in [0, 0.05) is 12.1 Å². The Morgan fingerprint density at radius 2 is 2.00 bits per heavy atom. The molecule has 1 atom stereocenters. The maximum Gasteiger partial charge on any atom is 0.246 e. The molecule has 0 radical (unpaired) electrons. The molecule has 0 unspecified atom stereocenters. The second-order valence-corrected chi connectivity index (χ2v) is 4.32. The van der Waals surface area contributed by atoms with Crippen molar-refractivity contribution in [2.24, 2.45) is 0 Å². The van der Waals surface area contributed by atoms with Gasteiger partial charge in [-0.1, -0.05) is 23.7 Å². The Kier molecular flexibility index (Phi) is 6.72. The average Bonchev–Trinajstić information content (AvgIpc) is 2.35. The van der Waals surface area contributed by atoms with Gasteiger partial charge in [0.25, 0.3) is 0 Å².